The van der Waals surface area contributed by atoms with Gasteiger partial charge in [-0.15, -0.1) is 23.1 Å². The average molecular weight is 723 g/mol. The predicted molar refractivity (Wildman–Crippen MR) is 204 cm³/mol. The molecule has 1 atom stereocenters. The Morgan fingerprint density at radius 2 is 1.57 bits per heavy atom. The first-order valence-corrected chi connectivity index (χ1v) is 17.8. The predicted octanol–water partition coefficient (Wildman–Crippen LogP) is 8.06. The van der Waals surface area contributed by atoms with Crippen LogP contribution in [0.15, 0.2) is 107 Å². The molecule has 0 saturated heterocycles. The van der Waals surface area contributed by atoms with Crippen LogP contribution in [0.25, 0.3) is 17.3 Å². The molecule has 0 fully saturated rings. The molecule has 1 unspecified atom stereocenters. The summed E-state index contributed by atoms with van der Waals surface area (Å²) in [4.78, 5) is 45.7. The smallest absolute Gasteiger partial charge is 0.272 e. The summed E-state index contributed by atoms with van der Waals surface area (Å²) in [5, 5.41) is 10.6. The van der Waals surface area contributed by atoms with E-state index in [1.807, 2.05) is 49.6 Å². The lowest BCUT2D eigenvalue weighted by molar-refractivity contribution is -0.116. The van der Waals surface area contributed by atoms with Crippen LogP contribution >= 0.6 is 23.1 Å². The fourth-order valence-corrected chi connectivity index (χ4v) is 6.74. The Balaban J connectivity index is 1.33. The molecule has 0 aliphatic heterocycles. The SMILES string of the molecule is CCC(Sc1cccc(NC(=O)/C(=C\c2cc(OC)c(OC)c(OC)c2)NC(=O)c2ccccc2)c1)C(=O)Nc1nc(-c2ccc(C)cc2)cs1. The Hall–Kier alpha value is -5.59. The number of rotatable bonds is 14. The number of ether oxygens (including phenoxy) is 3. The van der Waals surface area contributed by atoms with E-state index in [-0.39, 0.29) is 11.6 Å². The number of amides is 3. The number of thioether (sulfide) groups is 1. The van der Waals surface area contributed by atoms with Crippen molar-refractivity contribution in [3.05, 3.63) is 119 Å². The van der Waals surface area contributed by atoms with E-state index >= 15 is 0 Å². The summed E-state index contributed by atoms with van der Waals surface area (Å²) < 4.78 is 16.4. The van der Waals surface area contributed by atoms with Crippen molar-refractivity contribution >= 4 is 57.7 Å². The van der Waals surface area contributed by atoms with E-state index in [1.54, 1.807) is 60.7 Å². The molecule has 0 aliphatic rings. The summed E-state index contributed by atoms with van der Waals surface area (Å²) in [7, 11) is 4.49. The molecule has 262 valence electrons. The third kappa shape index (κ3) is 9.56. The fraction of sp³-hybridized carbons (Fsp3) is 0.179. The number of nitrogens with zero attached hydrogens (tertiary/aromatic N) is 1. The highest BCUT2D eigenvalue weighted by Crippen LogP contribution is 2.39. The Labute approximate surface area is 305 Å². The molecule has 12 heteroatoms. The van der Waals surface area contributed by atoms with Gasteiger partial charge >= 0.3 is 0 Å². The van der Waals surface area contributed by atoms with Gasteiger partial charge in [0.25, 0.3) is 11.8 Å². The minimum absolute atomic E-state index is 0.0181. The highest BCUT2D eigenvalue weighted by molar-refractivity contribution is 8.00. The Kier molecular flexibility index (Phi) is 12.5. The van der Waals surface area contributed by atoms with Crippen molar-refractivity contribution in [2.45, 2.75) is 30.4 Å². The van der Waals surface area contributed by atoms with Crippen LogP contribution in [-0.4, -0.2) is 49.3 Å². The number of methoxy groups -OCH3 is 3. The summed E-state index contributed by atoms with van der Waals surface area (Å²) >= 11 is 2.76. The molecule has 1 aromatic heterocycles. The van der Waals surface area contributed by atoms with Gasteiger partial charge < -0.3 is 30.2 Å². The zero-order valence-electron chi connectivity index (χ0n) is 28.8. The van der Waals surface area contributed by atoms with Crippen molar-refractivity contribution in [1.29, 1.82) is 0 Å². The molecular weight excluding hydrogens is 685 g/mol. The average Bonchev–Trinajstić information content (AvgIpc) is 3.62. The summed E-state index contributed by atoms with van der Waals surface area (Å²) in [6, 6.07) is 27.2. The molecule has 5 rings (SSSR count). The summed E-state index contributed by atoms with van der Waals surface area (Å²) in [6.45, 7) is 3.97. The van der Waals surface area contributed by atoms with Gasteiger partial charge in [-0.1, -0.05) is 61.0 Å². The van der Waals surface area contributed by atoms with E-state index in [0.717, 1.165) is 21.7 Å². The number of benzene rings is 4. The van der Waals surface area contributed by atoms with E-state index in [2.05, 4.69) is 20.9 Å². The molecule has 4 aromatic carbocycles. The zero-order valence-corrected chi connectivity index (χ0v) is 30.4. The second kappa shape index (κ2) is 17.4. The second-order valence-electron chi connectivity index (χ2n) is 11.2. The number of anilines is 2. The van der Waals surface area contributed by atoms with Gasteiger partial charge in [0.15, 0.2) is 16.6 Å². The lowest BCUT2D eigenvalue weighted by Crippen LogP contribution is -2.30. The lowest BCUT2D eigenvalue weighted by Gasteiger charge is -2.16. The summed E-state index contributed by atoms with van der Waals surface area (Å²) in [6.07, 6.45) is 2.09. The molecular formula is C39H38N4O6S2. The van der Waals surface area contributed by atoms with Crippen LogP contribution in [-0.2, 0) is 9.59 Å². The number of thiazole rings is 1. The minimum atomic E-state index is -0.562. The molecule has 0 radical (unpaired) electrons. The van der Waals surface area contributed by atoms with Crippen LogP contribution in [0.2, 0.25) is 0 Å². The topological polar surface area (TPSA) is 128 Å². The number of carbonyl (C=O) groups excluding carboxylic acids is 3. The first kappa shape index (κ1) is 36.7. The number of aryl methyl sites for hydroxylation is 1. The maximum Gasteiger partial charge on any atom is 0.272 e. The van der Waals surface area contributed by atoms with Gasteiger partial charge in [-0.25, -0.2) is 4.98 Å². The quantitative estimate of drug-likeness (QED) is 0.0776. The molecule has 0 bridgehead atoms. The summed E-state index contributed by atoms with van der Waals surface area (Å²) in [5.41, 5.74) is 4.32. The number of hydrogen-bond donors (Lipinski definition) is 3. The van der Waals surface area contributed by atoms with Crippen LogP contribution < -0.4 is 30.2 Å². The van der Waals surface area contributed by atoms with Crippen molar-refractivity contribution in [2.75, 3.05) is 32.0 Å². The van der Waals surface area contributed by atoms with Gasteiger partial charge in [0, 0.05) is 27.1 Å². The van der Waals surface area contributed by atoms with Crippen molar-refractivity contribution < 1.29 is 28.6 Å². The monoisotopic (exact) mass is 722 g/mol. The Morgan fingerprint density at radius 3 is 2.22 bits per heavy atom. The van der Waals surface area contributed by atoms with Crippen molar-refractivity contribution in [3.63, 3.8) is 0 Å². The van der Waals surface area contributed by atoms with Crippen LogP contribution in [0.5, 0.6) is 17.2 Å². The molecule has 0 aliphatic carbocycles. The standard InChI is InChI=1S/C39H38N4O6S2/c1-6-34(38(46)43-39-42-31(23-50-39)26-17-15-24(2)16-18-26)51-29-14-10-13-28(22-29)40-37(45)30(41-36(44)27-11-8-7-9-12-27)19-25-20-32(47-3)35(49-5)33(21-25)48-4/h7-23,34H,6H2,1-5H3,(H,40,45)(H,41,44)(H,42,43,46)/b30-19+. The van der Waals surface area contributed by atoms with Gasteiger partial charge in [0.2, 0.25) is 11.7 Å². The van der Waals surface area contributed by atoms with Crippen LogP contribution in [0, 0.1) is 6.92 Å². The Morgan fingerprint density at radius 1 is 0.863 bits per heavy atom. The van der Waals surface area contributed by atoms with E-state index in [0.29, 0.717) is 45.6 Å². The van der Waals surface area contributed by atoms with Gasteiger partial charge in [0.05, 0.1) is 32.3 Å². The minimum Gasteiger partial charge on any atom is -0.493 e. The molecule has 5 aromatic rings. The van der Waals surface area contributed by atoms with Gasteiger partial charge in [-0.05, 0) is 67.4 Å². The first-order valence-electron chi connectivity index (χ1n) is 16.0. The van der Waals surface area contributed by atoms with Crippen molar-refractivity contribution in [2.24, 2.45) is 0 Å². The fourth-order valence-electron chi connectivity index (χ4n) is 5.00. The number of nitrogens with one attached hydrogen (secondary N) is 3. The van der Waals surface area contributed by atoms with Gasteiger partial charge in [0.1, 0.15) is 5.70 Å². The molecule has 1 heterocycles. The number of aromatic nitrogens is 1. The summed E-state index contributed by atoms with van der Waals surface area (Å²) in [5.74, 6) is -0.0228. The second-order valence-corrected chi connectivity index (χ2v) is 13.4. The Bertz CT molecular complexity index is 2000. The number of carbonyl (C=O) groups is 3. The molecule has 0 saturated carbocycles. The van der Waals surface area contributed by atoms with Crippen molar-refractivity contribution in [1.82, 2.24) is 10.3 Å². The van der Waals surface area contributed by atoms with E-state index < -0.39 is 17.1 Å². The highest BCUT2D eigenvalue weighted by Gasteiger charge is 2.21. The van der Waals surface area contributed by atoms with E-state index in [4.69, 9.17) is 14.2 Å². The zero-order chi connectivity index (χ0) is 36.3. The third-order valence-corrected chi connectivity index (χ3v) is 9.76. The largest absolute Gasteiger partial charge is 0.493 e. The first-order chi connectivity index (χ1) is 24.7. The number of hydrogen-bond acceptors (Lipinski definition) is 9. The highest BCUT2D eigenvalue weighted by atomic mass is 32.2. The van der Waals surface area contributed by atoms with Gasteiger partial charge in [-0.3, -0.25) is 14.4 Å². The maximum absolute atomic E-state index is 13.8. The lowest BCUT2D eigenvalue weighted by atomic mass is 10.1. The van der Waals surface area contributed by atoms with Crippen molar-refractivity contribution in [3.8, 4) is 28.5 Å². The van der Waals surface area contributed by atoms with E-state index in [9.17, 15) is 14.4 Å². The van der Waals surface area contributed by atoms with Crippen LogP contribution in [0.3, 0.4) is 0 Å². The van der Waals surface area contributed by atoms with Gasteiger partial charge in [-0.2, -0.15) is 0 Å². The van der Waals surface area contributed by atoms with Crippen LogP contribution in [0.4, 0.5) is 10.8 Å². The molecule has 10 nitrogen and oxygen atoms in total. The third-order valence-electron chi connectivity index (χ3n) is 7.64. The molecule has 3 N–H and O–H groups in total. The normalized spacial score (nSPS) is 11.7. The van der Waals surface area contributed by atoms with E-state index in [1.165, 1.54) is 50.5 Å². The van der Waals surface area contributed by atoms with Crippen LogP contribution in [0.1, 0.15) is 34.8 Å². The molecule has 51 heavy (non-hydrogen) atoms. The molecule has 3 amide bonds. The molecule has 0 spiro atoms. The maximum atomic E-state index is 13.8.